The van der Waals surface area contributed by atoms with Crippen molar-refractivity contribution in [3.05, 3.63) is 47.8 Å². The molecular weight excluding hydrogens is 437 g/mol. The largest absolute Gasteiger partial charge is 0.493 e. The van der Waals surface area contributed by atoms with Gasteiger partial charge in [-0.05, 0) is 36.8 Å². The molecular formula is C22H24FN3O5S. The maximum atomic E-state index is 13.1. The van der Waals surface area contributed by atoms with E-state index in [1.807, 2.05) is 6.92 Å². The average Bonchev–Trinajstić information content (AvgIpc) is 3.30. The Bertz CT molecular complexity index is 1050. The third kappa shape index (κ3) is 5.13. The molecule has 1 unspecified atom stereocenters. The summed E-state index contributed by atoms with van der Waals surface area (Å²) < 4.78 is 34.9. The van der Waals surface area contributed by atoms with Gasteiger partial charge in [0.15, 0.2) is 11.5 Å². The molecule has 0 aliphatic heterocycles. The Labute approximate surface area is 189 Å². The van der Waals surface area contributed by atoms with Crippen LogP contribution >= 0.6 is 11.8 Å². The molecule has 3 aromatic rings. The molecule has 1 atom stereocenters. The lowest BCUT2D eigenvalue weighted by Gasteiger charge is -2.25. The van der Waals surface area contributed by atoms with Crippen LogP contribution in [0.4, 0.5) is 4.39 Å². The van der Waals surface area contributed by atoms with Crippen LogP contribution in [0.3, 0.4) is 0 Å². The van der Waals surface area contributed by atoms with Gasteiger partial charge in [0.25, 0.3) is 5.22 Å². The summed E-state index contributed by atoms with van der Waals surface area (Å²) in [6, 6.07) is 9.28. The zero-order valence-electron chi connectivity index (χ0n) is 18.4. The lowest BCUT2D eigenvalue weighted by molar-refractivity contribution is -0.128. The molecule has 1 aromatic heterocycles. The maximum absolute atomic E-state index is 13.1. The third-order valence-corrected chi connectivity index (χ3v) is 5.77. The molecule has 32 heavy (non-hydrogen) atoms. The van der Waals surface area contributed by atoms with E-state index < -0.39 is 0 Å². The number of methoxy groups -OCH3 is 3. The number of amides is 1. The zero-order chi connectivity index (χ0) is 23.3. The van der Waals surface area contributed by atoms with E-state index in [1.165, 1.54) is 33.5 Å². The summed E-state index contributed by atoms with van der Waals surface area (Å²) in [6.07, 6.45) is 0. The summed E-state index contributed by atoms with van der Waals surface area (Å²) in [5.41, 5.74) is 1.43. The van der Waals surface area contributed by atoms with Crippen molar-refractivity contribution in [3.8, 4) is 28.7 Å². The second kappa shape index (κ2) is 10.4. The Morgan fingerprint density at radius 3 is 2.28 bits per heavy atom. The van der Waals surface area contributed by atoms with E-state index in [4.69, 9.17) is 18.6 Å². The predicted octanol–water partition coefficient (Wildman–Crippen LogP) is 4.21. The predicted molar refractivity (Wildman–Crippen MR) is 118 cm³/mol. The van der Waals surface area contributed by atoms with E-state index in [9.17, 15) is 9.18 Å². The number of ether oxygens (including phenoxy) is 3. The van der Waals surface area contributed by atoms with Crippen LogP contribution in [0.25, 0.3) is 11.5 Å². The van der Waals surface area contributed by atoms with Crippen LogP contribution in [-0.2, 0) is 4.79 Å². The summed E-state index contributed by atoms with van der Waals surface area (Å²) in [5.74, 6) is 1.30. The van der Waals surface area contributed by atoms with Gasteiger partial charge in [0.2, 0.25) is 17.5 Å². The fraction of sp³-hybridized carbons (Fsp3) is 0.318. The highest BCUT2D eigenvalue weighted by Gasteiger charge is 2.20. The number of thioether (sulfide) groups is 1. The zero-order valence-corrected chi connectivity index (χ0v) is 19.2. The minimum absolute atomic E-state index is 0.110. The van der Waals surface area contributed by atoms with E-state index in [1.54, 1.807) is 36.2 Å². The number of hydrogen-bond acceptors (Lipinski definition) is 8. The molecule has 0 fully saturated rings. The number of aromatic nitrogens is 2. The van der Waals surface area contributed by atoms with Crippen molar-refractivity contribution in [1.82, 2.24) is 15.1 Å². The average molecular weight is 462 g/mol. The van der Waals surface area contributed by atoms with E-state index in [0.29, 0.717) is 22.8 Å². The standard InChI is InChI=1S/C22H24FN3O5S/c1-13(14-6-8-16(23)9-7-14)26(2)19(27)12-32-22-25-24-21(31-22)15-10-17(28-3)20(30-5)18(11-15)29-4/h6-11,13H,12H2,1-5H3. The first-order valence-electron chi connectivity index (χ1n) is 9.65. The Balaban J connectivity index is 1.67. The topological polar surface area (TPSA) is 86.9 Å². The van der Waals surface area contributed by atoms with E-state index in [2.05, 4.69) is 10.2 Å². The van der Waals surface area contributed by atoms with Gasteiger partial charge in [-0.1, -0.05) is 23.9 Å². The lowest BCUT2D eigenvalue weighted by Crippen LogP contribution is -2.31. The summed E-state index contributed by atoms with van der Waals surface area (Å²) in [4.78, 5) is 14.2. The summed E-state index contributed by atoms with van der Waals surface area (Å²) in [5, 5.41) is 8.32. The summed E-state index contributed by atoms with van der Waals surface area (Å²) in [6.45, 7) is 1.88. The highest BCUT2D eigenvalue weighted by molar-refractivity contribution is 7.99. The van der Waals surface area contributed by atoms with Crippen LogP contribution in [0.1, 0.15) is 18.5 Å². The van der Waals surface area contributed by atoms with Crippen LogP contribution in [0.15, 0.2) is 46.0 Å². The minimum atomic E-state index is -0.315. The van der Waals surface area contributed by atoms with Crippen molar-refractivity contribution in [3.63, 3.8) is 0 Å². The van der Waals surface area contributed by atoms with Crippen LogP contribution in [-0.4, -0.2) is 55.1 Å². The van der Waals surface area contributed by atoms with E-state index in [0.717, 1.165) is 17.3 Å². The quantitative estimate of drug-likeness (QED) is 0.438. The van der Waals surface area contributed by atoms with Gasteiger partial charge in [0.1, 0.15) is 5.82 Å². The molecule has 0 saturated carbocycles. The first-order valence-corrected chi connectivity index (χ1v) is 10.6. The molecule has 0 aliphatic rings. The van der Waals surface area contributed by atoms with Crippen LogP contribution in [0, 0.1) is 5.82 Å². The number of benzene rings is 2. The van der Waals surface area contributed by atoms with Crippen molar-refractivity contribution in [1.29, 1.82) is 0 Å². The molecule has 0 saturated heterocycles. The van der Waals surface area contributed by atoms with Crippen LogP contribution in [0.5, 0.6) is 17.2 Å². The highest BCUT2D eigenvalue weighted by Crippen LogP contribution is 2.41. The normalized spacial score (nSPS) is 11.7. The molecule has 0 radical (unpaired) electrons. The Kier molecular flexibility index (Phi) is 7.57. The Hall–Kier alpha value is -3.27. The van der Waals surface area contributed by atoms with Gasteiger partial charge in [-0.15, -0.1) is 10.2 Å². The molecule has 3 rings (SSSR count). The van der Waals surface area contributed by atoms with Crippen LogP contribution < -0.4 is 14.2 Å². The third-order valence-electron chi connectivity index (χ3n) is 4.96. The number of rotatable bonds is 9. The van der Waals surface area contributed by atoms with Crippen molar-refractivity contribution >= 4 is 17.7 Å². The van der Waals surface area contributed by atoms with Crippen molar-refractivity contribution in [2.45, 2.75) is 18.2 Å². The first-order chi connectivity index (χ1) is 15.4. The van der Waals surface area contributed by atoms with Gasteiger partial charge < -0.3 is 23.5 Å². The van der Waals surface area contributed by atoms with Crippen LogP contribution in [0.2, 0.25) is 0 Å². The molecule has 1 heterocycles. The molecule has 0 spiro atoms. The second-order valence-electron chi connectivity index (χ2n) is 6.81. The smallest absolute Gasteiger partial charge is 0.277 e. The molecule has 8 nitrogen and oxygen atoms in total. The fourth-order valence-corrected chi connectivity index (χ4v) is 3.68. The maximum Gasteiger partial charge on any atom is 0.277 e. The number of halogens is 1. The SMILES string of the molecule is COc1cc(-c2nnc(SCC(=O)N(C)C(C)c3ccc(F)cc3)o2)cc(OC)c1OC. The summed E-state index contributed by atoms with van der Waals surface area (Å²) >= 11 is 1.14. The number of carbonyl (C=O) groups excluding carboxylic acids is 1. The fourth-order valence-electron chi connectivity index (χ4n) is 3.00. The van der Waals surface area contributed by atoms with Gasteiger partial charge in [-0.25, -0.2) is 4.39 Å². The molecule has 0 aliphatic carbocycles. The van der Waals surface area contributed by atoms with Gasteiger partial charge >= 0.3 is 0 Å². The monoisotopic (exact) mass is 461 g/mol. The van der Waals surface area contributed by atoms with E-state index in [-0.39, 0.29) is 34.6 Å². The number of nitrogens with zero attached hydrogens (tertiary/aromatic N) is 3. The number of hydrogen-bond donors (Lipinski definition) is 0. The molecule has 0 bridgehead atoms. The Morgan fingerprint density at radius 2 is 1.72 bits per heavy atom. The van der Waals surface area contributed by atoms with Gasteiger partial charge in [-0.3, -0.25) is 4.79 Å². The van der Waals surface area contributed by atoms with Gasteiger partial charge in [-0.2, -0.15) is 0 Å². The van der Waals surface area contributed by atoms with Gasteiger partial charge in [0.05, 0.1) is 33.1 Å². The van der Waals surface area contributed by atoms with Crippen molar-refractivity contribution in [2.75, 3.05) is 34.1 Å². The molecule has 10 heteroatoms. The van der Waals surface area contributed by atoms with Crippen molar-refractivity contribution in [2.24, 2.45) is 0 Å². The molecule has 0 N–H and O–H groups in total. The first kappa shape index (κ1) is 23.4. The minimum Gasteiger partial charge on any atom is -0.493 e. The molecule has 1 amide bonds. The molecule has 170 valence electrons. The molecule has 2 aromatic carbocycles. The second-order valence-corrected chi connectivity index (χ2v) is 7.73. The Morgan fingerprint density at radius 1 is 1.09 bits per heavy atom. The summed E-state index contributed by atoms with van der Waals surface area (Å²) in [7, 11) is 6.26. The van der Waals surface area contributed by atoms with E-state index >= 15 is 0 Å². The van der Waals surface area contributed by atoms with Crippen molar-refractivity contribution < 1.29 is 27.8 Å². The highest BCUT2D eigenvalue weighted by atomic mass is 32.2. The van der Waals surface area contributed by atoms with Gasteiger partial charge in [0, 0.05) is 12.6 Å². The lowest BCUT2D eigenvalue weighted by atomic mass is 10.1. The number of carbonyl (C=O) groups is 1.